The van der Waals surface area contributed by atoms with Crippen LogP contribution in [0.25, 0.3) is 0 Å². The molecule has 0 atom stereocenters. The zero-order valence-corrected chi connectivity index (χ0v) is 14.9. The lowest BCUT2D eigenvalue weighted by molar-refractivity contribution is -0.137. The van der Waals surface area contributed by atoms with E-state index in [0.29, 0.717) is 29.7 Å². The van der Waals surface area contributed by atoms with Gasteiger partial charge in [-0.25, -0.2) is 0 Å². The maximum atomic E-state index is 13.1. The average molecular weight is 368 g/mol. The minimum absolute atomic E-state index is 0.188. The van der Waals surface area contributed by atoms with Crippen LogP contribution in [0.4, 0.5) is 24.5 Å². The van der Waals surface area contributed by atoms with Crippen LogP contribution in [0.15, 0.2) is 22.7 Å². The second kappa shape index (κ2) is 7.55. The molecule has 1 aromatic heterocycles. The summed E-state index contributed by atoms with van der Waals surface area (Å²) in [5.74, 6) is 1.38. The summed E-state index contributed by atoms with van der Waals surface area (Å²) in [5.41, 5.74) is 0.539. The number of rotatable bonds is 6. The van der Waals surface area contributed by atoms with Gasteiger partial charge in [0.2, 0.25) is 5.89 Å². The van der Waals surface area contributed by atoms with E-state index >= 15 is 0 Å². The quantitative estimate of drug-likeness (QED) is 0.814. The van der Waals surface area contributed by atoms with E-state index in [1.54, 1.807) is 0 Å². The van der Waals surface area contributed by atoms with E-state index in [1.165, 1.54) is 6.07 Å². The van der Waals surface area contributed by atoms with Crippen molar-refractivity contribution in [2.75, 3.05) is 23.3 Å². The summed E-state index contributed by atoms with van der Waals surface area (Å²) < 4.78 is 44.4. The van der Waals surface area contributed by atoms with Gasteiger partial charge in [-0.1, -0.05) is 19.0 Å². The predicted molar refractivity (Wildman–Crippen MR) is 93.1 cm³/mol. The van der Waals surface area contributed by atoms with Gasteiger partial charge in [0.25, 0.3) is 0 Å². The molecule has 1 aliphatic rings. The summed E-state index contributed by atoms with van der Waals surface area (Å²) in [6.45, 7) is 5.99. The molecule has 1 aromatic carbocycles. The van der Waals surface area contributed by atoms with Crippen LogP contribution in [-0.4, -0.2) is 23.2 Å². The third kappa shape index (κ3) is 4.47. The van der Waals surface area contributed by atoms with Gasteiger partial charge in [0.15, 0.2) is 5.82 Å². The number of aromatic nitrogens is 2. The smallest absolute Gasteiger partial charge is 0.374 e. The highest BCUT2D eigenvalue weighted by Crippen LogP contribution is 2.36. The standard InChI is InChI=1S/C18H23F3N4O/c1-12(2)9-16-23-17(26-24-16)11-22-14-10-13(18(19,20)21)5-6-15(14)25-7-3-4-8-25/h5-6,10,12,22H,3-4,7-9,11H2,1-2H3. The maximum Gasteiger partial charge on any atom is 0.416 e. The molecule has 1 saturated heterocycles. The van der Waals surface area contributed by atoms with Gasteiger partial charge in [0.1, 0.15) is 0 Å². The lowest BCUT2D eigenvalue weighted by Gasteiger charge is -2.23. The largest absolute Gasteiger partial charge is 0.416 e. The Hall–Kier alpha value is -2.25. The van der Waals surface area contributed by atoms with Gasteiger partial charge in [-0.3, -0.25) is 0 Å². The molecule has 5 nitrogen and oxygen atoms in total. The molecule has 3 rings (SSSR count). The van der Waals surface area contributed by atoms with Crippen molar-refractivity contribution >= 4 is 11.4 Å². The molecule has 0 spiro atoms. The SMILES string of the molecule is CC(C)Cc1noc(CNc2cc(C(F)(F)F)ccc2N2CCCC2)n1. The van der Waals surface area contributed by atoms with Gasteiger partial charge >= 0.3 is 6.18 Å². The molecule has 1 N–H and O–H groups in total. The van der Waals surface area contributed by atoms with Crippen LogP contribution in [0.3, 0.4) is 0 Å². The number of benzene rings is 1. The summed E-state index contributed by atoms with van der Waals surface area (Å²) >= 11 is 0. The highest BCUT2D eigenvalue weighted by atomic mass is 19.4. The Balaban J connectivity index is 1.78. The second-order valence-corrected chi connectivity index (χ2v) is 6.98. The van der Waals surface area contributed by atoms with E-state index in [9.17, 15) is 13.2 Å². The Morgan fingerprint density at radius 2 is 1.96 bits per heavy atom. The number of nitrogens with one attached hydrogen (secondary N) is 1. The average Bonchev–Trinajstić information content (AvgIpc) is 3.23. The van der Waals surface area contributed by atoms with E-state index in [0.717, 1.165) is 43.8 Å². The van der Waals surface area contributed by atoms with Gasteiger partial charge in [0, 0.05) is 19.5 Å². The summed E-state index contributed by atoms with van der Waals surface area (Å²) in [6, 6.07) is 3.82. The zero-order valence-electron chi connectivity index (χ0n) is 14.9. The molecule has 0 unspecified atom stereocenters. The van der Waals surface area contributed by atoms with Crippen LogP contribution in [0.1, 0.15) is 44.0 Å². The minimum atomic E-state index is -4.38. The number of hydrogen-bond donors (Lipinski definition) is 1. The number of alkyl halides is 3. The molecule has 2 heterocycles. The monoisotopic (exact) mass is 368 g/mol. The first kappa shape index (κ1) is 18.5. The van der Waals surface area contributed by atoms with Gasteiger partial charge < -0.3 is 14.7 Å². The Labute approximate surface area is 150 Å². The third-order valence-corrected chi connectivity index (χ3v) is 4.30. The molecule has 0 radical (unpaired) electrons. The van der Waals surface area contributed by atoms with Gasteiger partial charge in [0.05, 0.1) is 23.5 Å². The van der Waals surface area contributed by atoms with Crippen molar-refractivity contribution < 1.29 is 17.7 Å². The zero-order chi connectivity index (χ0) is 18.7. The van der Waals surface area contributed by atoms with E-state index in [4.69, 9.17) is 4.52 Å². The van der Waals surface area contributed by atoms with Crippen LogP contribution in [0.2, 0.25) is 0 Å². The first-order chi connectivity index (χ1) is 12.3. The van der Waals surface area contributed by atoms with Crippen LogP contribution < -0.4 is 10.2 Å². The second-order valence-electron chi connectivity index (χ2n) is 6.98. The van der Waals surface area contributed by atoms with Gasteiger partial charge in [-0.05, 0) is 37.0 Å². The first-order valence-corrected chi connectivity index (χ1v) is 8.84. The Kier molecular flexibility index (Phi) is 5.38. The maximum absolute atomic E-state index is 13.1. The van der Waals surface area contributed by atoms with Crippen LogP contribution in [0, 0.1) is 5.92 Å². The fourth-order valence-corrected chi connectivity index (χ4v) is 3.07. The number of halogens is 3. The van der Waals surface area contributed by atoms with Crippen molar-refractivity contribution in [1.29, 1.82) is 0 Å². The number of anilines is 2. The molecule has 0 saturated carbocycles. The van der Waals surface area contributed by atoms with E-state index < -0.39 is 11.7 Å². The summed E-state index contributed by atoms with van der Waals surface area (Å²) in [6.07, 6.45) is -1.59. The molecule has 26 heavy (non-hydrogen) atoms. The van der Waals surface area contributed by atoms with E-state index in [2.05, 4.69) is 34.2 Å². The minimum Gasteiger partial charge on any atom is -0.374 e. The van der Waals surface area contributed by atoms with Gasteiger partial charge in [-0.2, -0.15) is 18.2 Å². The summed E-state index contributed by atoms with van der Waals surface area (Å²) in [7, 11) is 0. The predicted octanol–water partition coefficient (Wildman–Crippen LogP) is 4.50. The summed E-state index contributed by atoms with van der Waals surface area (Å²) in [4.78, 5) is 6.39. The van der Waals surface area contributed by atoms with Gasteiger partial charge in [-0.15, -0.1) is 0 Å². The fourth-order valence-electron chi connectivity index (χ4n) is 3.07. The van der Waals surface area contributed by atoms with Crippen LogP contribution in [-0.2, 0) is 19.1 Å². The molecule has 2 aromatic rings. The molecular weight excluding hydrogens is 345 g/mol. The lowest BCUT2D eigenvalue weighted by atomic mass is 10.1. The van der Waals surface area contributed by atoms with Crippen molar-refractivity contribution in [3.8, 4) is 0 Å². The van der Waals surface area contributed by atoms with Crippen molar-refractivity contribution in [3.63, 3.8) is 0 Å². The van der Waals surface area contributed by atoms with Crippen molar-refractivity contribution in [2.24, 2.45) is 5.92 Å². The Bertz CT molecular complexity index is 736. The summed E-state index contributed by atoms with van der Waals surface area (Å²) in [5, 5.41) is 6.96. The molecule has 1 fully saturated rings. The highest BCUT2D eigenvalue weighted by Gasteiger charge is 2.31. The molecule has 8 heteroatoms. The van der Waals surface area contributed by atoms with Crippen LogP contribution >= 0.6 is 0 Å². The number of nitrogens with zero attached hydrogens (tertiary/aromatic N) is 3. The van der Waals surface area contributed by atoms with Crippen molar-refractivity contribution in [3.05, 3.63) is 35.5 Å². The molecular formula is C18H23F3N4O. The molecule has 0 aliphatic carbocycles. The fraction of sp³-hybridized carbons (Fsp3) is 0.556. The Morgan fingerprint density at radius 3 is 2.62 bits per heavy atom. The molecule has 0 bridgehead atoms. The molecule has 1 aliphatic heterocycles. The van der Waals surface area contributed by atoms with Crippen molar-refractivity contribution in [2.45, 2.75) is 45.8 Å². The lowest BCUT2D eigenvalue weighted by Crippen LogP contribution is -2.20. The van der Waals surface area contributed by atoms with Crippen molar-refractivity contribution in [1.82, 2.24) is 10.1 Å². The first-order valence-electron chi connectivity index (χ1n) is 8.84. The Morgan fingerprint density at radius 1 is 1.23 bits per heavy atom. The highest BCUT2D eigenvalue weighted by molar-refractivity contribution is 5.71. The van der Waals surface area contributed by atoms with Crippen LogP contribution in [0.5, 0.6) is 0 Å². The topological polar surface area (TPSA) is 54.2 Å². The number of hydrogen-bond acceptors (Lipinski definition) is 5. The van der Waals surface area contributed by atoms with E-state index in [1.807, 2.05) is 0 Å². The molecule has 142 valence electrons. The van der Waals surface area contributed by atoms with E-state index in [-0.39, 0.29) is 6.54 Å². The third-order valence-electron chi connectivity index (χ3n) is 4.30. The normalized spacial score (nSPS) is 15.1. The molecule has 0 amide bonds.